The van der Waals surface area contributed by atoms with Crippen molar-refractivity contribution < 1.29 is 14.7 Å². The number of carbonyl (C=O) groups excluding carboxylic acids is 1. The van der Waals surface area contributed by atoms with Crippen molar-refractivity contribution in [2.45, 2.75) is 65.3 Å². The number of amides is 1. The molecule has 104 valence electrons. The molecule has 1 aliphatic rings. The summed E-state index contributed by atoms with van der Waals surface area (Å²) in [5.74, 6) is -0.816. The Morgan fingerprint density at radius 3 is 2.17 bits per heavy atom. The first kappa shape index (κ1) is 15.0. The average molecular weight is 255 g/mol. The number of nitrogens with one attached hydrogen (secondary N) is 1. The molecule has 0 unspecified atom stereocenters. The minimum Gasteiger partial charge on any atom is -0.481 e. The van der Waals surface area contributed by atoms with Gasteiger partial charge in [0.25, 0.3) is 0 Å². The molecule has 0 bridgehead atoms. The lowest BCUT2D eigenvalue weighted by atomic mass is 9.86. The van der Waals surface area contributed by atoms with Crippen molar-refractivity contribution in [2.75, 3.05) is 0 Å². The highest BCUT2D eigenvalue weighted by molar-refractivity contribution is 5.76. The molecular weight excluding hydrogens is 230 g/mol. The molecule has 4 heteroatoms. The summed E-state index contributed by atoms with van der Waals surface area (Å²) >= 11 is 0. The predicted octanol–water partition coefficient (Wildman–Crippen LogP) is 2.57. The second-order valence-electron chi connectivity index (χ2n) is 6.51. The number of aliphatic carboxylic acids is 1. The van der Waals surface area contributed by atoms with Crippen LogP contribution in [0.1, 0.15) is 59.3 Å². The van der Waals surface area contributed by atoms with Gasteiger partial charge < -0.3 is 10.4 Å². The summed E-state index contributed by atoms with van der Waals surface area (Å²) < 4.78 is 0. The normalized spacial score (nSPS) is 24.6. The molecule has 1 saturated carbocycles. The van der Waals surface area contributed by atoms with Gasteiger partial charge >= 0.3 is 5.97 Å². The maximum atomic E-state index is 11.7. The lowest BCUT2D eigenvalue weighted by Crippen LogP contribution is -2.38. The van der Waals surface area contributed by atoms with E-state index in [1.165, 1.54) is 0 Å². The van der Waals surface area contributed by atoms with E-state index < -0.39 is 5.97 Å². The molecule has 1 aliphatic carbocycles. The molecule has 18 heavy (non-hydrogen) atoms. The van der Waals surface area contributed by atoms with Crippen molar-refractivity contribution in [3.8, 4) is 0 Å². The van der Waals surface area contributed by atoms with Gasteiger partial charge in [-0.2, -0.15) is 0 Å². The summed E-state index contributed by atoms with van der Waals surface area (Å²) in [7, 11) is 0. The Morgan fingerprint density at radius 1 is 1.17 bits per heavy atom. The molecule has 0 atom stereocenters. The lowest BCUT2D eigenvalue weighted by molar-refractivity contribution is -0.142. The molecular formula is C14H25NO3. The van der Waals surface area contributed by atoms with Gasteiger partial charge in [-0.3, -0.25) is 9.59 Å². The molecule has 0 aromatic heterocycles. The van der Waals surface area contributed by atoms with Crippen LogP contribution in [0.3, 0.4) is 0 Å². The third kappa shape index (κ3) is 5.52. The predicted molar refractivity (Wildman–Crippen MR) is 70.2 cm³/mol. The SMILES string of the molecule is CC(C)(C)CCC(=O)NC1CCC(C(=O)O)CC1. The fourth-order valence-electron chi connectivity index (χ4n) is 2.27. The topological polar surface area (TPSA) is 66.4 Å². The second-order valence-corrected chi connectivity index (χ2v) is 6.51. The number of rotatable bonds is 4. The largest absolute Gasteiger partial charge is 0.481 e. The average Bonchev–Trinajstić information content (AvgIpc) is 2.26. The number of carboxylic acid groups (broad SMARTS) is 1. The summed E-state index contributed by atoms with van der Waals surface area (Å²) in [5, 5.41) is 11.9. The van der Waals surface area contributed by atoms with Crippen LogP contribution >= 0.6 is 0 Å². The van der Waals surface area contributed by atoms with Crippen molar-refractivity contribution >= 4 is 11.9 Å². The Kier molecular flexibility index (Phi) is 5.17. The molecule has 0 aromatic carbocycles. The number of hydrogen-bond acceptors (Lipinski definition) is 2. The highest BCUT2D eigenvalue weighted by Crippen LogP contribution is 2.25. The molecule has 4 nitrogen and oxygen atoms in total. The molecule has 0 radical (unpaired) electrons. The van der Waals surface area contributed by atoms with Crippen molar-refractivity contribution in [2.24, 2.45) is 11.3 Å². The van der Waals surface area contributed by atoms with E-state index in [4.69, 9.17) is 5.11 Å². The molecule has 0 aromatic rings. The Morgan fingerprint density at radius 2 is 1.72 bits per heavy atom. The van der Waals surface area contributed by atoms with Crippen LogP contribution in [0.15, 0.2) is 0 Å². The third-order valence-electron chi connectivity index (χ3n) is 3.54. The van der Waals surface area contributed by atoms with Crippen molar-refractivity contribution in [3.05, 3.63) is 0 Å². The number of carboxylic acids is 1. The molecule has 0 aliphatic heterocycles. The van der Waals surface area contributed by atoms with E-state index in [1.54, 1.807) is 0 Å². The van der Waals surface area contributed by atoms with Gasteiger partial charge in [0.2, 0.25) is 5.91 Å². The molecule has 0 spiro atoms. The summed E-state index contributed by atoms with van der Waals surface area (Å²) in [5.41, 5.74) is 0.179. The van der Waals surface area contributed by atoms with Crippen molar-refractivity contribution in [1.82, 2.24) is 5.32 Å². The Balaban J connectivity index is 2.24. The van der Waals surface area contributed by atoms with E-state index in [2.05, 4.69) is 26.1 Å². The monoisotopic (exact) mass is 255 g/mol. The summed E-state index contributed by atoms with van der Waals surface area (Å²) in [4.78, 5) is 22.6. The zero-order chi connectivity index (χ0) is 13.8. The highest BCUT2D eigenvalue weighted by Gasteiger charge is 2.26. The van der Waals surface area contributed by atoms with E-state index in [1.807, 2.05) is 0 Å². The minimum absolute atomic E-state index is 0.101. The Bertz CT molecular complexity index is 299. The molecule has 2 N–H and O–H groups in total. The van der Waals surface area contributed by atoms with Crippen LogP contribution in [-0.4, -0.2) is 23.0 Å². The van der Waals surface area contributed by atoms with Gasteiger partial charge in [0, 0.05) is 12.5 Å². The standard InChI is InChI=1S/C14H25NO3/c1-14(2,3)9-8-12(16)15-11-6-4-10(5-7-11)13(17)18/h10-11H,4-9H2,1-3H3,(H,15,16)(H,17,18). The zero-order valence-corrected chi connectivity index (χ0v) is 11.7. The summed E-state index contributed by atoms with van der Waals surface area (Å²) in [6.45, 7) is 6.37. The summed E-state index contributed by atoms with van der Waals surface area (Å²) in [6, 6.07) is 0.174. The van der Waals surface area contributed by atoms with Crippen LogP contribution in [0.4, 0.5) is 0 Å². The van der Waals surface area contributed by atoms with E-state index in [0.29, 0.717) is 19.3 Å². The quantitative estimate of drug-likeness (QED) is 0.811. The van der Waals surface area contributed by atoms with Gasteiger partial charge in [-0.05, 0) is 37.5 Å². The molecule has 1 amide bonds. The van der Waals surface area contributed by atoms with Crippen LogP contribution in [0.2, 0.25) is 0 Å². The Hall–Kier alpha value is -1.06. The second kappa shape index (κ2) is 6.21. The van der Waals surface area contributed by atoms with Gasteiger partial charge in [-0.25, -0.2) is 0 Å². The highest BCUT2D eigenvalue weighted by atomic mass is 16.4. The Labute approximate surface area is 109 Å². The van der Waals surface area contributed by atoms with Crippen molar-refractivity contribution in [3.63, 3.8) is 0 Å². The first-order valence-corrected chi connectivity index (χ1v) is 6.80. The van der Waals surface area contributed by atoms with Gasteiger partial charge in [-0.1, -0.05) is 20.8 Å². The molecule has 0 saturated heterocycles. The third-order valence-corrected chi connectivity index (χ3v) is 3.54. The van der Waals surface area contributed by atoms with Gasteiger partial charge in [0.1, 0.15) is 0 Å². The van der Waals surface area contributed by atoms with E-state index in [0.717, 1.165) is 19.3 Å². The van der Waals surface area contributed by atoms with Gasteiger partial charge in [-0.15, -0.1) is 0 Å². The zero-order valence-electron chi connectivity index (χ0n) is 11.7. The van der Waals surface area contributed by atoms with Crippen LogP contribution in [-0.2, 0) is 9.59 Å². The van der Waals surface area contributed by atoms with E-state index >= 15 is 0 Å². The maximum Gasteiger partial charge on any atom is 0.306 e. The molecule has 1 rings (SSSR count). The van der Waals surface area contributed by atoms with Crippen LogP contribution in [0.25, 0.3) is 0 Å². The first-order chi connectivity index (χ1) is 8.28. The smallest absolute Gasteiger partial charge is 0.306 e. The van der Waals surface area contributed by atoms with Crippen molar-refractivity contribution in [1.29, 1.82) is 0 Å². The fraction of sp³-hybridized carbons (Fsp3) is 0.857. The summed E-state index contributed by atoms with van der Waals surface area (Å²) in [6.07, 6.45) is 4.38. The van der Waals surface area contributed by atoms with Crippen LogP contribution in [0.5, 0.6) is 0 Å². The van der Waals surface area contributed by atoms with E-state index in [9.17, 15) is 9.59 Å². The fourth-order valence-corrected chi connectivity index (χ4v) is 2.27. The van der Waals surface area contributed by atoms with E-state index in [-0.39, 0.29) is 23.3 Å². The lowest BCUT2D eigenvalue weighted by Gasteiger charge is -2.27. The van der Waals surface area contributed by atoms with Gasteiger partial charge in [0.15, 0.2) is 0 Å². The maximum absolute atomic E-state index is 11.7. The number of hydrogen-bond donors (Lipinski definition) is 2. The number of carbonyl (C=O) groups is 2. The van der Waals surface area contributed by atoms with Gasteiger partial charge in [0.05, 0.1) is 5.92 Å². The molecule has 0 heterocycles. The van der Waals surface area contributed by atoms with Crippen LogP contribution < -0.4 is 5.32 Å². The minimum atomic E-state index is -0.701. The first-order valence-electron chi connectivity index (χ1n) is 6.80. The molecule has 1 fully saturated rings. The van der Waals surface area contributed by atoms with Crippen LogP contribution in [0, 0.1) is 11.3 Å².